The molecule has 21 heavy (non-hydrogen) atoms. The molecule has 0 heterocycles. The number of hydrogen-bond donors (Lipinski definition) is 1. The van der Waals surface area contributed by atoms with Crippen LogP contribution in [0.5, 0.6) is 0 Å². The van der Waals surface area contributed by atoms with Crippen LogP contribution >= 0.6 is 0 Å². The fourth-order valence-corrected chi connectivity index (χ4v) is 2.47. The Bertz CT molecular complexity index is 587. The van der Waals surface area contributed by atoms with Crippen molar-refractivity contribution in [2.75, 3.05) is 5.32 Å². The molecule has 2 rings (SSSR count). The first-order valence-electron chi connectivity index (χ1n) is 7.57. The average Bonchev–Trinajstić information content (AvgIpc) is 2.42. The van der Waals surface area contributed by atoms with Gasteiger partial charge in [0.1, 0.15) is 5.82 Å². The highest BCUT2D eigenvalue weighted by Crippen LogP contribution is 2.23. The van der Waals surface area contributed by atoms with Gasteiger partial charge in [0.15, 0.2) is 0 Å². The summed E-state index contributed by atoms with van der Waals surface area (Å²) < 4.78 is 13.9. The molecule has 0 amide bonds. The predicted octanol–water partition coefficient (Wildman–Crippen LogP) is 5.51. The van der Waals surface area contributed by atoms with Crippen LogP contribution in [0.1, 0.15) is 43.5 Å². The summed E-state index contributed by atoms with van der Waals surface area (Å²) in [5, 5.41) is 3.24. The van der Waals surface area contributed by atoms with E-state index in [1.54, 1.807) is 12.1 Å². The highest BCUT2D eigenvalue weighted by atomic mass is 19.1. The summed E-state index contributed by atoms with van der Waals surface area (Å²) in [7, 11) is 0. The summed E-state index contributed by atoms with van der Waals surface area (Å²) in [6, 6.07) is 13.9. The fourth-order valence-electron chi connectivity index (χ4n) is 2.47. The molecule has 0 aromatic heterocycles. The molecule has 2 aromatic carbocycles. The van der Waals surface area contributed by atoms with Gasteiger partial charge in [-0.15, -0.1) is 0 Å². The molecule has 0 bridgehead atoms. The molecular weight excluding hydrogens is 261 g/mol. The van der Waals surface area contributed by atoms with Crippen LogP contribution in [0.25, 0.3) is 0 Å². The molecule has 1 N–H and O–H groups in total. The quantitative estimate of drug-likeness (QED) is 0.764. The maximum atomic E-state index is 13.9. The first-order chi connectivity index (χ1) is 9.95. The summed E-state index contributed by atoms with van der Waals surface area (Å²) >= 11 is 0. The normalized spacial score (nSPS) is 12.5. The zero-order valence-electron chi connectivity index (χ0n) is 13.3. The molecule has 1 nitrogen and oxygen atoms in total. The van der Waals surface area contributed by atoms with Gasteiger partial charge in [-0.25, -0.2) is 4.39 Å². The molecule has 0 aliphatic heterocycles. The van der Waals surface area contributed by atoms with E-state index in [0.29, 0.717) is 11.6 Å². The highest BCUT2D eigenvalue weighted by Gasteiger charge is 2.09. The fraction of sp³-hybridized carbons (Fsp3) is 0.368. The van der Waals surface area contributed by atoms with Gasteiger partial charge in [0.2, 0.25) is 0 Å². The summed E-state index contributed by atoms with van der Waals surface area (Å²) in [4.78, 5) is 0. The van der Waals surface area contributed by atoms with E-state index in [4.69, 9.17) is 0 Å². The summed E-state index contributed by atoms with van der Waals surface area (Å²) in [6.45, 7) is 8.39. The van der Waals surface area contributed by atoms with Crippen molar-refractivity contribution in [3.63, 3.8) is 0 Å². The molecule has 1 unspecified atom stereocenters. The number of rotatable bonds is 5. The molecular formula is C19H24FN. The lowest BCUT2D eigenvalue weighted by molar-refractivity contribution is 0.626. The van der Waals surface area contributed by atoms with Gasteiger partial charge in [0, 0.05) is 6.04 Å². The largest absolute Gasteiger partial charge is 0.376 e. The highest BCUT2D eigenvalue weighted by molar-refractivity contribution is 5.48. The van der Waals surface area contributed by atoms with Gasteiger partial charge in [-0.1, -0.05) is 44.2 Å². The van der Waals surface area contributed by atoms with Crippen molar-refractivity contribution >= 4 is 5.69 Å². The SMILES string of the molecule is Cc1ccc(NC(C)c2ccc(CC(C)C)cc2)c(F)c1. The third-order valence-electron chi connectivity index (χ3n) is 3.62. The maximum absolute atomic E-state index is 13.9. The molecule has 0 saturated heterocycles. The van der Waals surface area contributed by atoms with Crippen molar-refractivity contribution in [3.8, 4) is 0 Å². The smallest absolute Gasteiger partial charge is 0.146 e. The number of halogens is 1. The Morgan fingerprint density at radius 2 is 1.67 bits per heavy atom. The molecule has 1 atom stereocenters. The van der Waals surface area contributed by atoms with Crippen LogP contribution in [-0.2, 0) is 6.42 Å². The molecule has 0 spiro atoms. The van der Waals surface area contributed by atoms with Gasteiger partial charge >= 0.3 is 0 Å². The summed E-state index contributed by atoms with van der Waals surface area (Å²) in [5.74, 6) is 0.464. The Morgan fingerprint density at radius 3 is 2.24 bits per heavy atom. The van der Waals surface area contributed by atoms with Gasteiger partial charge in [-0.05, 0) is 55.0 Å². The van der Waals surface area contributed by atoms with E-state index >= 15 is 0 Å². The van der Waals surface area contributed by atoms with Crippen molar-refractivity contribution in [3.05, 3.63) is 65.0 Å². The number of anilines is 1. The first-order valence-corrected chi connectivity index (χ1v) is 7.57. The second kappa shape index (κ2) is 6.75. The topological polar surface area (TPSA) is 12.0 Å². The van der Waals surface area contributed by atoms with E-state index in [1.807, 2.05) is 13.0 Å². The Hall–Kier alpha value is -1.83. The number of nitrogens with one attached hydrogen (secondary N) is 1. The van der Waals surface area contributed by atoms with E-state index in [2.05, 4.69) is 50.4 Å². The zero-order valence-corrected chi connectivity index (χ0v) is 13.3. The molecule has 0 radical (unpaired) electrons. The Balaban J connectivity index is 2.07. The summed E-state index contributed by atoms with van der Waals surface area (Å²) in [6.07, 6.45) is 1.09. The lowest BCUT2D eigenvalue weighted by atomic mass is 10.00. The minimum absolute atomic E-state index is 0.0790. The van der Waals surface area contributed by atoms with E-state index in [9.17, 15) is 4.39 Å². The molecule has 0 aliphatic carbocycles. The Kier molecular flexibility index (Phi) is 5.00. The van der Waals surface area contributed by atoms with Crippen LogP contribution in [0.2, 0.25) is 0 Å². The number of hydrogen-bond acceptors (Lipinski definition) is 1. The van der Waals surface area contributed by atoms with Crippen LogP contribution in [0.15, 0.2) is 42.5 Å². The maximum Gasteiger partial charge on any atom is 0.146 e. The Labute approximate surface area is 127 Å². The van der Waals surface area contributed by atoms with Gasteiger partial charge in [0.05, 0.1) is 5.69 Å². The summed E-state index contributed by atoms with van der Waals surface area (Å²) in [5.41, 5.74) is 4.01. The van der Waals surface area contributed by atoms with Crippen molar-refractivity contribution in [2.45, 2.75) is 40.2 Å². The molecule has 0 saturated carbocycles. The third kappa shape index (κ3) is 4.32. The predicted molar refractivity (Wildman–Crippen MR) is 88.2 cm³/mol. The van der Waals surface area contributed by atoms with E-state index in [0.717, 1.165) is 12.0 Å². The number of aryl methyl sites for hydroxylation is 1. The van der Waals surface area contributed by atoms with Gasteiger partial charge < -0.3 is 5.32 Å². The Morgan fingerprint density at radius 1 is 1.00 bits per heavy atom. The lowest BCUT2D eigenvalue weighted by Crippen LogP contribution is -2.08. The monoisotopic (exact) mass is 285 g/mol. The lowest BCUT2D eigenvalue weighted by Gasteiger charge is -2.17. The van der Waals surface area contributed by atoms with Crippen molar-refractivity contribution in [2.24, 2.45) is 5.92 Å². The minimum Gasteiger partial charge on any atom is -0.376 e. The van der Waals surface area contributed by atoms with Crippen molar-refractivity contribution in [1.29, 1.82) is 0 Å². The van der Waals surface area contributed by atoms with Crippen LogP contribution in [0, 0.1) is 18.7 Å². The zero-order chi connectivity index (χ0) is 15.4. The van der Waals surface area contributed by atoms with E-state index in [-0.39, 0.29) is 11.9 Å². The van der Waals surface area contributed by atoms with Crippen molar-refractivity contribution < 1.29 is 4.39 Å². The van der Waals surface area contributed by atoms with Crippen molar-refractivity contribution in [1.82, 2.24) is 0 Å². The standard InChI is InChI=1S/C19H24FN/c1-13(2)11-16-6-8-17(9-7-16)15(4)21-19-10-5-14(3)12-18(19)20/h5-10,12-13,15,21H,11H2,1-4H3. The van der Waals surface area contributed by atoms with E-state index in [1.165, 1.54) is 11.1 Å². The molecule has 0 fully saturated rings. The minimum atomic E-state index is -0.196. The van der Waals surface area contributed by atoms with Gasteiger partial charge in [0.25, 0.3) is 0 Å². The van der Waals surface area contributed by atoms with Crippen LogP contribution < -0.4 is 5.32 Å². The van der Waals surface area contributed by atoms with Crippen LogP contribution in [-0.4, -0.2) is 0 Å². The second-order valence-electron chi connectivity index (χ2n) is 6.19. The molecule has 112 valence electrons. The molecule has 2 heteroatoms. The average molecular weight is 285 g/mol. The number of benzene rings is 2. The van der Waals surface area contributed by atoms with E-state index < -0.39 is 0 Å². The van der Waals surface area contributed by atoms with Crippen LogP contribution in [0.4, 0.5) is 10.1 Å². The van der Waals surface area contributed by atoms with Gasteiger partial charge in [-0.2, -0.15) is 0 Å². The second-order valence-corrected chi connectivity index (χ2v) is 6.19. The molecule has 2 aromatic rings. The van der Waals surface area contributed by atoms with Gasteiger partial charge in [-0.3, -0.25) is 0 Å². The molecule has 0 aliphatic rings. The first kappa shape index (κ1) is 15.6. The van der Waals surface area contributed by atoms with Crippen LogP contribution in [0.3, 0.4) is 0 Å². The third-order valence-corrected chi connectivity index (χ3v) is 3.62.